The summed E-state index contributed by atoms with van der Waals surface area (Å²) in [6, 6.07) is 7.75. The van der Waals surface area contributed by atoms with E-state index < -0.39 is 0 Å². The molecule has 5 heteroatoms. The molecule has 0 bridgehead atoms. The van der Waals surface area contributed by atoms with E-state index in [0.717, 1.165) is 25.8 Å². The van der Waals surface area contributed by atoms with E-state index in [1.54, 1.807) is 0 Å². The number of hydrogen-bond donors (Lipinski definition) is 1. The zero-order valence-electron chi connectivity index (χ0n) is 9.24. The van der Waals surface area contributed by atoms with E-state index in [2.05, 4.69) is 37.9 Å². The lowest BCUT2D eigenvalue weighted by Crippen LogP contribution is -2.03. The third-order valence-corrected chi connectivity index (χ3v) is 3.50. The van der Waals surface area contributed by atoms with Gasteiger partial charge in [0.15, 0.2) is 0 Å². The summed E-state index contributed by atoms with van der Waals surface area (Å²) in [6.07, 6.45) is 2.46. The van der Waals surface area contributed by atoms with Crippen LogP contribution in [0, 0.1) is 3.57 Å². The smallest absolute Gasteiger partial charge is 0.142 e. The van der Waals surface area contributed by atoms with Crippen molar-refractivity contribution in [2.45, 2.75) is 6.42 Å². The molecule has 2 aromatic rings. The van der Waals surface area contributed by atoms with Gasteiger partial charge >= 0.3 is 0 Å². The summed E-state index contributed by atoms with van der Waals surface area (Å²) in [5.41, 5.74) is 1.04. The van der Waals surface area contributed by atoms with Crippen LogP contribution in [0.5, 0.6) is 0 Å². The van der Waals surface area contributed by atoms with Crippen molar-refractivity contribution in [3.63, 3.8) is 0 Å². The molecular weight excluding hydrogens is 349 g/mol. The fourth-order valence-electron chi connectivity index (χ4n) is 1.48. The van der Waals surface area contributed by atoms with Gasteiger partial charge in [0, 0.05) is 24.7 Å². The fraction of sp³-hybridized carbons (Fsp3) is 0.167. The predicted molar refractivity (Wildman–Crippen MR) is 78.6 cm³/mol. The summed E-state index contributed by atoms with van der Waals surface area (Å²) < 4.78 is 1.01. The molecular formula is C12H11ClIN3. The molecule has 0 saturated heterocycles. The van der Waals surface area contributed by atoms with Crippen molar-refractivity contribution < 1.29 is 0 Å². The second-order valence-corrected chi connectivity index (χ2v) is 5.07. The summed E-state index contributed by atoms with van der Waals surface area (Å²) in [6.45, 7) is 0. The topological polar surface area (TPSA) is 37.8 Å². The SMILES string of the molecule is CNc1nc(Cc2ccccc2Cl)ncc1I. The van der Waals surface area contributed by atoms with E-state index in [1.165, 1.54) is 0 Å². The van der Waals surface area contributed by atoms with Gasteiger partial charge in [0.25, 0.3) is 0 Å². The Kier molecular flexibility index (Phi) is 4.17. The van der Waals surface area contributed by atoms with Crippen molar-refractivity contribution in [2.24, 2.45) is 0 Å². The lowest BCUT2D eigenvalue weighted by Gasteiger charge is -2.06. The molecule has 1 aromatic carbocycles. The zero-order chi connectivity index (χ0) is 12.3. The molecule has 0 aliphatic rings. The molecule has 0 aliphatic carbocycles. The summed E-state index contributed by atoms with van der Waals surface area (Å²) in [4.78, 5) is 8.74. The van der Waals surface area contributed by atoms with Crippen molar-refractivity contribution in [1.82, 2.24) is 9.97 Å². The standard InChI is InChI=1S/C12H11ClIN3/c1-15-12-10(14)7-16-11(17-12)6-8-4-2-3-5-9(8)13/h2-5,7H,6H2,1H3,(H,15,16,17). The summed E-state index contributed by atoms with van der Waals surface area (Å²) in [5.74, 6) is 1.62. The second kappa shape index (κ2) is 5.64. The Morgan fingerprint density at radius 2 is 2.12 bits per heavy atom. The van der Waals surface area contributed by atoms with Crippen molar-refractivity contribution >= 4 is 40.0 Å². The quantitative estimate of drug-likeness (QED) is 0.854. The molecule has 17 heavy (non-hydrogen) atoms. The number of hydrogen-bond acceptors (Lipinski definition) is 3. The number of anilines is 1. The van der Waals surface area contributed by atoms with E-state index in [0.29, 0.717) is 6.42 Å². The largest absolute Gasteiger partial charge is 0.372 e. The lowest BCUT2D eigenvalue weighted by molar-refractivity contribution is 0.963. The molecule has 1 aromatic heterocycles. The van der Waals surface area contributed by atoms with E-state index >= 15 is 0 Å². The molecule has 88 valence electrons. The average molecular weight is 360 g/mol. The minimum absolute atomic E-state index is 0.644. The number of nitrogens with zero attached hydrogens (tertiary/aromatic N) is 2. The monoisotopic (exact) mass is 359 g/mol. The van der Waals surface area contributed by atoms with Gasteiger partial charge in [-0.3, -0.25) is 0 Å². The van der Waals surface area contributed by atoms with Crippen LogP contribution in [0.15, 0.2) is 30.5 Å². The molecule has 0 fully saturated rings. The number of benzene rings is 1. The zero-order valence-corrected chi connectivity index (χ0v) is 12.2. The molecule has 3 nitrogen and oxygen atoms in total. The molecule has 0 saturated carbocycles. The Labute approximate surface area is 119 Å². The van der Waals surface area contributed by atoms with Crippen LogP contribution >= 0.6 is 34.2 Å². The Morgan fingerprint density at radius 1 is 1.35 bits per heavy atom. The molecule has 0 unspecified atom stereocenters. The van der Waals surface area contributed by atoms with Gasteiger partial charge < -0.3 is 5.32 Å². The molecule has 1 heterocycles. The Hall–Kier alpha value is -0.880. The van der Waals surface area contributed by atoms with Crippen molar-refractivity contribution in [1.29, 1.82) is 0 Å². The Bertz CT molecular complexity index is 531. The Balaban J connectivity index is 2.28. The van der Waals surface area contributed by atoms with Crippen LogP contribution in [-0.2, 0) is 6.42 Å². The van der Waals surface area contributed by atoms with Crippen molar-refractivity contribution in [3.8, 4) is 0 Å². The maximum absolute atomic E-state index is 6.11. The highest BCUT2D eigenvalue weighted by Crippen LogP contribution is 2.19. The van der Waals surface area contributed by atoms with E-state index in [9.17, 15) is 0 Å². The lowest BCUT2D eigenvalue weighted by atomic mass is 10.1. The highest BCUT2D eigenvalue weighted by molar-refractivity contribution is 14.1. The van der Waals surface area contributed by atoms with E-state index in [1.807, 2.05) is 37.5 Å². The van der Waals surface area contributed by atoms with Gasteiger partial charge in [-0.2, -0.15) is 0 Å². The molecule has 0 aliphatic heterocycles. The minimum atomic E-state index is 0.644. The summed E-state index contributed by atoms with van der Waals surface area (Å²) in [7, 11) is 1.85. The number of aromatic nitrogens is 2. The fourth-order valence-corrected chi connectivity index (χ4v) is 2.21. The summed E-state index contributed by atoms with van der Waals surface area (Å²) >= 11 is 8.31. The minimum Gasteiger partial charge on any atom is -0.372 e. The molecule has 1 N–H and O–H groups in total. The van der Waals surface area contributed by atoms with Crippen LogP contribution < -0.4 is 5.32 Å². The maximum atomic E-state index is 6.11. The first kappa shape index (κ1) is 12.6. The first-order valence-electron chi connectivity index (χ1n) is 5.13. The highest BCUT2D eigenvalue weighted by atomic mass is 127. The highest BCUT2D eigenvalue weighted by Gasteiger charge is 2.06. The number of rotatable bonds is 3. The molecule has 0 radical (unpaired) electrons. The van der Waals surface area contributed by atoms with Gasteiger partial charge in [-0.25, -0.2) is 9.97 Å². The molecule has 2 rings (SSSR count). The molecule has 0 atom stereocenters. The molecule has 0 amide bonds. The van der Waals surface area contributed by atoms with Crippen LogP contribution in [0.25, 0.3) is 0 Å². The maximum Gasteiger partial charge on any atom is 0.142 e. The first-order valence-corrected chi connectivity index (χ1v) is 6.59. The van der Waals surface area contributed by atoms with Crippen LogP contribution in [0.3, 0.4) is 0 Å². The summed E-state index contributed by atoms with van der Waals surface area (Å²) in [5, 5.41) is 3.80. The van der Waals surface area contributed by atoms with Gasteiger partial charge in [-0.15, -0.1) is 0 Å². The van der Waals surface area contributed by atoms with Crippen LogP contribution in [-0.4, -0.2) is 17.0 Å². The van der Waals surface area contributed by atoms with Crippen LogP contribution in [0.1, 0.15) is 11.4 Å². The van der Waals surface area contributed by atoms with Crippen LogP contribution in [0.4, 0.5) is 5.82 Å². The number of halogens is 2. The molecule has 0 spiro atoms. The van der Waals surface area contributed by atoms with Gasteiger partial charge in [-0.1, -0.05) is 29.8 Å². The normalized spacial score (nSPS) is 10.3. The van der Waals surface area contributed by atoms with Gasteiger partial charge in [0.1, 0.15) is 11.6 Å². The number of nitrogens with one attached hydrogen (secondary N) is 1. The van der Waals surface area contributed by atoms with Gasteiger partial charge in [0.2, 0.25) is 0 Å². The average Bonchev–Trinajstić information content (AvgIpc) is 2.34. The van der Waals surface area contributed by atoms with Gasteiger partial charge in [-0.05, 0) is 34.2 Å². The third-order valence-electron chi connectivity index (χ3n) is 2.34. The predicted octanol–water partition coefficient (Wildman–Crippen LogP) is 3.37. The second-order valence-electron chi connectivity index (χ2n) is 3.50. The Morgan fingerprint density at radius 3 is 2.82 bits per heavy atom. The van der Waals surface area contributed by atoms with E-state index in [-0.39, 0.29) is 0 Å². The van der Waals surface area contributed by atoms with Crippen LogP contribution in [0.2, 0.25) is 5.02 Å². The van der Waals surface area contributed by atoms with Gasteiger partial charge in [0.05, 0.1) is 3.57 Å². The first-order chi connectivity index (χ1) is 8.20. The van der Waals surface area contributed by atoms with Crippen molar-refractivity contribution in [2.75, 3.05) is 12.4 Å². The van der Waals surface area contributed by atoms with E-state index in [4.69, 9.17) is 11.6 Å². The van der Waals surface area contributed by atoms with Crippen molar-refractivity contribution in [3.05, 3.63) is 50.4 Å². The third kappa shape index (κ3) is 3.07.